The summed E-state index contributed by atoms with van der Waals surface area (Å²) in [6, 6.07) is 14.0. The normalized spacial score (nSPS) is 11.7. The van der Waals surface area contributed by atoms with E-state index in [9.17, 15) is 14.0 Å². The predicted molar refractivity (Wildman–Crippen MR) is 117 cm³/mol. The molecule has 2 aromatic carbocycles. The summed E-state index contributed by atoms with van der Waals surface area (Å²) in [6.07, 6.45) is 0.529. The minimum Gasteiger partial charge on any atom is -0.355 e. The van der Waals surface area contributed by atoms with Crippen molar-refractivity contribution in [2.24, 2.45) is 0 Å². The van der Waals surface area contributed by atoms with Gasteiger partial charge in [0.25, 0.3) is 0 Å². The first-order chi connectivity index (χ1) is 14.0. The molecule has 6 heteroatoms. The molecule has 0 fully saturated rings. The van der Waals surface area contributed by atoms with E-state index in [4.69, 9.17) is 0 Å². The molecule has 1 N–H and O–H groups in total. The van der Waals surface area contributed by atoms with E-state index in [0.717, 1.165) is 11.1 Å². The lowest BCUT2D eigenvalue weighted by Gasteiger charge is -2.30. The number of rotatable bonds is 10. The van der Waals surface area contributed by atoms with Gasteiger partial charge in [0.2, 0.25) is 11.8 Å². The van der Waals surface area contributed by atoms with E-state index in [1.165, 1.54) is 17.8 Å². The van der Waals surface area contributed by atoms with Gasteiger partial charge in [0.05, 0.1) is 5.75 Å². The molecule has 2 amide bonds. The highest BCUT2D eigenvalue weighted by atomic mass is 32.2. The SMILES string of the molecule is CCNC(=O)[C@H](CC)N(Cc1ccc(C)cc1)C(=O)CSCc1ccccc1F. The molecule has 29 heavy (non-hydrogen) atoms. The molecule has 0 spiro atoms. The van der Waals surface area contributed by atoms with Gasteiger partial charge in [0.15, 0.2) is 0 Å². The Balaban J connectivity index is 2.11. The molecule has 2 aromatic rings. The number of hydrogen-bond donors (Lipinski definition) is 1. The monoisotopic (exact) mass is 416 g/mol. The molecule has 2 rings (SSSR count). The zero-order valence-corrected chi connectivity index (χ0v) is 18.1. The van der Waals surface area contributed by atoms with Crippen LogP contribution in [0, 0.1) is 12.7 Å². The second kappa shape index (κ2) is 11.6. The number of amides is 2. The number of thioether (sulfide) groups is 1. The van der Waals surface area contributed by atoms with Crippen molar-refractivity contribution >= 4 is 23.6 Å². The Morgan fingerprint density at radius 3 is 2.41 bits per heavy atom. The quantitative estimate of drug-likeness (QED) is 0.628. The first-order valence-corrected chi connectivity index (χ1v) is 11.1. The molecule has 0 unspecified atom stereocenters. The molecule has 0 aromatic heterocycles. The van der Waals surface area contributed by atoms with Crippen LogP contribution in [-0.2, 0) is 21.9 Å². The summed E-state index contributed by atoms with van der Waals surface area (Å²) in [5.41, 5.74) is 2.69. The minimum atomic E-state index is -0.530. The van der Waals surface area contributed by atoms with Gasteiger partial charge >= 0.3 is 0 Å². The van der Waals surface area contributed by atoms with Crippen molar-refractivity contribution in [2.75, 3.05) is 12.3 Å². The molecule has 1 atom stereocenters. The number of aryl methyl sites for hydroxylation is 1. The number of hydrogen-bond acceptors (Lipinski definition) is 3. The number of benzene rings is 2. The molecular weight excluding hydrogens is 387 g/mol. The van der Waals surface area contributed by atoms with Crippen LogP contribution >= 0.6 is 11.8 Å². The van der Waals surface area contributed by atoms with Crippen LogP contribution in [0.15, 0.2) is 48.5 Å². The lowest BCUT2D eigenvalue weighted by molar-refractivity contribution is -0.139. The Morgan fingerprint density at radius 1 is 1.10 bits per heavy atom. The molecule has 0 aliphatic carbocycles. The molecule has 0 heterocycles. The van der Waals surface area contributed by atoms with E-state index in [-0.39, 0.29) is 23.4 Å². The first-order valence-electron chi connectivity index (χ1n) is 9.90. The van der Waals surface area contributed by atoms with Gasteiger partial charge in [-0.2, -0.15) is 0 Å². The van der Waals surface area contributed by atoms with Crippen LogP contribution in [0.1, 0.15) is 37.0 Å². The molecule has 0 aliphatic rings. The Hall–Kier alpha value is -2.34. The number of carbonyl (C=O) groups is 2. The molecule has 0 saturated carbocycles. The van der Waals surface area contributed by atoms with Crippen molar-refractivity contribution in [3.63, 3.8) is 0 Å². The summed E-state index contributed by atoms with van der Waals surface area (Å²) in [6.45, 7) is 6.66. The van der Waals surface area contributed by atoms with Crippen molar-refractivity contribution < 1.29 is 14.0 Å². The number of carbonyl (C=O) groups excluding carboxylic acids is 2. The fourth-order valence-corrected chi connectivity index (χ4v) is 3.94. The fraction of sp³-hybridized carbons (Fsp3) is 0.391. The second-order valence-corrected chi connectivity index (χ2v) is 7.90. The number of halogens is 1. The van der Waals surface area contributed by atoms with E-state index in [0.29, 0.717) is 30.8 Å². The third-order valence-corrected chi connectivity index (χ3v) is 5.62. The Labute approximate surface area is 176 Å². The zero-order chi connectivity index (χ0) is 21.2. The van der Waals surface area contributed by atoms with E-state index in [1.807, 2.05) is 45.0 Å². The van der Waals surface area contributed by atoms with Gasteiger partial charge in [-0.1, -0.05) is 55.0 Å². The smallest absolute Gasteiger partial charge is 0.242 e. The second-order valence-electron chi connectivity index (χ2n) is 6.91. The van der Waals surface area contributed by atoms with Gasteiger partial charge in [0, 0.05) is 18.8 Å². The van der Waals surface area contributed by atoms with Crippen LogP contribution in [0.25, 0.3) is 0 Å². The van der Waals surface area contributed by atoms with Crippen molar-refractivity contribution in [3.05, 3.63) is 71.0 Å². The summed E-state index contributed by atoms with van der Waals surface area (Å²) >= 11 is 1.36. The molecular formula is C23H29FN2O2S. The molecule has 0 saturated heterocycles. The van der Waals surface area contributed by atoms with Crippen LogP contribution in [0.4, 0.5) is 4.39 Å². The first kappa shape index (κ1) is 22.9. The topological polar surface area (TPSA) is 49.4 Å². The summed E-state index contributed by atoms with van der Waals surface area (Å²) in [5.74, 6) is 0.0717. The zero-order valence-electron chi connectivity index (χ0n) is 17.3. The third kappa shape index (κ3) is 6.89. The van der Waals surface area contributed by atoms with Crippen LogP contribution < -0.4 is 5.32 Å². The maximum Gasteiger partial charge on any atom is 0.242 e. The van der Waals surface area contributed by atoms with Gasteiger partial charge in [0.1, 0.15) is 11.9 Å². The van der Waals surface area contributed by atoms with Crippen LogP contribution in [-0.4, -0.2) is 35.1 Å². The van der Waals surface area contributed by atoms with E-state index in [2.05, 4.69) is 5.32 Å². The average molecular weight is 417 g/mol. The van der Waals surface area contributed by atoms with Crippen molar-refractivity contribution in [3.8, 4) is 0 Å². The molecule has 0 radical (unpaired) electrons. The highest BCUT2D eigenvalue weighted by molar-refractivity contribution is 7.99. The third-order valence-electron chi connectivity index (χ3n) is 4.65. The summed E-state index contributed by atoms with van der Waals surface area (Å²) in [5, 5.41) is 2.83. The molecule has 0 aliphatic heterocycles. The highest BCUT2D eigenvalue weighted by Gasteiger charge is 2.28. The Bertz CT molecular complexity index is 811. The maximum absolute atomic E-state index is 13.8. The van der Waals surface area contributed by atoms with Gasteiger partial charge in [-0.3, -0.25) is 9.59 Å². The maximum atomic E-state index is 13.8. The molecule has 156 valence electrons. The van der Waals surface area contributed by atoms with Crippen LogP contribution in [0.3, 0.4) is 0 Å². The average Bonchev–Trinajstić information content (AvgIpc) is 2.71. The van der Waals surface area contributed by atoms with Crippen molar-refractivity contribution in [2.45, 2.75) is 45.5 Å². The summed E-state index contributed by atoms with van der Waals surface area (Å²) < 4.78 is 13.8. The Kier molecular flexibility index (Phi) is 9.19. The molecule has 4 nitrogen and oxygen atoms in total. The van der Waals surface area contributed by atoms with Crippen LogP contribution in [0.5, 0.6) is 0 Å². The van der Waals surface area contributed by atoms with Gasteiger partial charge in [-0.15, -0.1) is 11.8 Å². The van der Waals surface area contributed by atoms with E-state index in [1.54, 1.807) is 23.1 Å². The molecule has 0 bridgehead atoms. The van der Waals surface area contributed by atoms with Gasteiger partial charge in [-0.25, -0.2) is 4.39 Å². The number of nitrogens with zero attached hydrogens (tertiary/aromatic N) is 1. The largest absolute Gasteiger partial charge is 0.355 e. The predicted octanol–water partition coefficient (Wildman–Crippen LogP) is 4.31. The van der Waals surface area contributed by atoms with E-state index >= 15 is 0 Å². The van der Waals surface area contributed by atoms with Crippen molar-refractivity contribution in [1.82, 2.24) is 10.2 Å². The lowest BCUT2D eigenvalue weighted by Crippen LogP contribution is -2.49. The number of likely N-dealkylation sites (N-methyl/N-ethyl adjacent to an activating group) is 1. The Morgan fingerprint density at radius 2 is 1.79 bits per heavy atom. The highest BCUT2D eigenvalue weighted by Crippen LogP contribution is 2.19. The fourth-order valence-electron chi connectivity index (χ4n) is 3.05. The van der Waals surface area contributed by atoms with Gasteiger partial charge < -0.3 is 10.2 Å². The minimum absolute atomic E-state index is 0.120. The standard InChI is InChI=1S/C23H29FN2O2S/c1-4-21(23(28)25-5-2)26(14-18-12-10-17(3)11-13-18)22(27)16-29-15-19-8-6-7-9-20(19)24/h6-13,21H,4-5,14-16H2,1-3H3,(H,25,28)/t21-/m0/s1. The summed E-state index contributed by atoms with van der Waals surface area (Å²) in [7, 11) is 0. The lowest BCUT2D eigenvalue weighted by atomic mass is 10.1. The van der Waals surface area contributed by atoms with Gasteiger partial charge in [-0.05, 0) is 37.5 Å². The summed E-state index contributed by atoms with van der Waals surface area (Å²) in [4.78, 5) is 27.2. The van der Waals surface area contributed by atoms with Crippen molar-refractivity contribution in [1.29, 1.82) is 0 Å². The van der Waals surface area contributed by atoms with E-state index < -0.39 is 6.04 Å². The van der Waals surface area contributed by atoms with Crippen LogP contribution in [0.2, 0.25) is 0 Å². The number of nitrogens with one attached hydrogen (secondary N) is 1.